The lowest BCUT2D eigenvalue weighted by molar-refractivity contribution is 0.0939. The number of rotatable bonds is 8. The molecule has 0 saturated carbocycles. The van der Waals surface area contributed by atoms with Crippen LogP contribution in [0.1, 0.15) is 54.3 Å². The Balaban J connectivity index is 1.45. The molecule has 0 aliphatic heterocycles. The first kappa shape index (κ1) is 22.3. The summed E-state index contributed by atoms with van der Waals surface area (Å²) in [4.78, 5) is 21.3. The minimum Gasteiger partial charge on any atom is -0.493 e. The number of hydrogen-bond donors (Lipinski definition) is 1. The summed E-state index contributed by atoms with van der Waals surface area (Å²) >= 11 is 0. The molecule has 4 rings (SSSR count). The van der Waals surface area contributed by atoms with Crippen LogP contribution in [-0.2, 0) is 6.61 Å². The number of nitrogens with one attached hydrogen (secondary N) is 1. The standard InChI is InChI=1S/C25H27N5O3/c1-16(2)30-24-20(14-28-30)11-21(13-27-24)25(31)29-17(3)19-5-6-22(23(12-19)32-4)33-15-18-7-9-26-10-8-18/h5-14,16-17H,15H2,1-4H3,(H,29,31). The molecule has 1 aromatic carbocycles. The third-order valence-corrected chi connectivity index (χ3v) is 5.36. The van der Waals surface area contributed by atoms with Crippen LogP contribution in [0, 0.1) is 0 Å². The van der Waals surface area contributed by atoms with Gasteiger partial charge in [-0.2, -0.15) is 5.10 Å². The Bertz CT molecular complexity index is 1250. The molecular formula is C25H27N5O3. The van der Waals surface area contributed by atoms with Gasteiger partial charge >= 0.3 is 0 Å². The van der Waals surface area contributed by atoms with Gasteiger partial charge in [-0.3, -0.25) is 9.78 Å². The molecule has 0 aliphatic carbocycles. The first-order valence-corrected chi connectivity index (χ1v) is 10.8. The molecule has 0 radical (unpaired) electrons. The molecule has 3 aromatic heterocycles. The first-order valence-electron chi connectivity index (χ1n) is 10.8. The van der Waals surface area contributed by atoms with Crippen LogP contribution < -0.4 is 14.8 Å². The number of nitrogens with zero attached hydrogens (tertiary/aromatic N) is 4. The molecule has 1 atom stereocenters. The number of pyridine rings is 2. The maximum atomic E-state index is 12.9. The minimum absolute atomic E-state index is 0.196. The summed E-state index contributed by atoms with van der Waals surface area (Å²) in [5.74, 6) is 1.03. The van der Waals surface area contributed by atoms with Crippen molar-refractivity contribution in [3.05, 3.63) is 77.9 Å². The van der Waals surface area contributed by atoms with Crippen LogP contribution in [0.15, 0.2) is 61.2 Å². The van der Waals surface area contributed by atoms with Gasteiger partial charge in [-0.15, -0.1) is 0 Å². The predicted octanol–water partition coefficient (Wildman–Crippen LogP) is 4.49. The lowest BCUT2D eigenvalue weighted by Crippen LogP contribution is -2.26. The zero-order valence-corrected chi connectivity index (χ0v) is 19.1. The highest BCUT2D eigenvalue weighted by atomic mass is 16.5. The van der Waals surface area contributed by atoms with E-state index in [2.05, 4.69) is 20.4 Å². The molecule has 1 N–H and O–H groups in total. The summed E-state index contributed by atoms with van der Waals surface area (Å²) in [6.07, 6.45) is 6.78. The third-order valence-electron chi connectivity index (χ3n) is 5.36. The Morgan fingerprint density at radius 3 is 2.58 bits per heavy atom. The number of methoxy groups -OCH3 is 1. The van der Waals surface area contributed by atoms with Crippen molar-refractivity contribution in [2.24, 2.45) is 0 Å². The Kier molecular flexibility index (Phi) is 6.53. The Hall–Kier alpha value is -3.94. The van der Waals surface area contributed by atoms with Crippen molar-refractivity contribution in [2.75, 3.05) is 7.11 Å². The van der Waals surface area contributed by atoms with Gasteiger partial charge in [0.25, 0.3) is 5.91 Å². The fourth-order valence-corrected chi connectivity index (χ4v) is 3.52. The summed E-state index contributed by atoms with van der Waals surface area (Å²) in [6, 6.07) is 11.2. The molecule has 33 heavy (non-hydrogen) atoms. The lowest BCUT2D eigenvalue weighted by Gasteiger charge is -2.17. The van der Waals surface area contributed by atoms with E-state index in [4.69, 9.17) is 9.47 Å². The van der Waals surface area contributed by atoms with Gasteiger partial charge in [0.15, 0.2) is 17.1 Å². The second-order valence-corrected chi connectivity index (χ2v) is 8.07. The Labute approximate surface area is 192 Å². The zero-order chi connectivity index (χ0) is 23.4. The van der Waals surface area contributed by atoms with E-state index in [9.17, 15) is 4.79 Å². The van der Waals surface area contributed by atoms with Crippen molar-refractivity contribution in [2.45, 2.75) is 39.5 Å². The van der Waals surface area contributed by atoms with E-state index in [1.807, 2.05) is 61.9 Å². The topological polar surface area (TPSA) is 91.2 Å². The number of carbonyl (C=O) groups is 1. The molecule has 1 unspecified atom stereocenters. The van der Waals surface area contributed by atoms with Crippen molar-refractivity contribution in [1.29, 1.82) is 0 Å². The van der Waals surface area contributed by atoms with Gasteiger partial charge in [-0.1, -0.05) is 6.07 Å². The zero-order valence-electron chi connectivity index (χ0n) is 19.1. The molecule has 8 heteroatoms. The molecule has 0 fully saturated rings. The van der Waals surface area contributed by atoms with Gasteiger partial charge in [0, 0.05) is 30.0 Å². The highest BCUT2D eigenvalue weighted by Gasteiger charge is 2.16. The van der Waals surface area contributed by atoms with Gasteiger partial charge in [0.1, 0.15) is 6.61 Å². The van der Waals surface area contributed by atoms with Crippen LogP contribution in [0.5, 0.6) is 11.5 Å². The van der Waals surface area contributed by atoms with Crippen molar-refractivity contribution >= 4 is 16.9 Å². The molecule has 3 heterocycles. The highest BCUT2D eigenvalue weighted by molar-refractivity contribution is 5.97. The van der Waals surface area contributed by atoms with Gasteiger partial charge in [-0.05, 0) is 62.2 Å². The molecule has 170 valence electrons. The molecule has 8 nitrogen and oxygen atoms in total. The second-order valence-electron chi connectivity index (χ2n) is 8.07. The molecule has 0 saturated heterocycles. The van der Waals surface area contributed by atoms with E-state index in [1.165, 1.54) is 0 Å². The normalized spacial score (nSPS) is 12.0. The summed E-state index contributed by atoms with van der Waals surface area (Å²) in [6.45, 7) is 6.42. The third kappa shape index (κ3) is 4.95. The van der Waals surface area contributed by atoms with E-state index in [0.29, 0.717) is 23.7 Å². The van der Waals surface area contributed by atoms with Gasteiger partial charge in [0.2, 0.25) is 0 Å². The molecule has 0 bridgehead atoms. The maximum absolute atomic E-state index is 12.9. The molecule has 1 amide bonds. The van der Waals surface area contributed by atoms with Gasteiger partial charge in [-0.25, -0.2) is 9.67 Å². The minimum atomic E-state index is -0.241. The van der Waals surface area contributed by atoms with E-state index in [-0.39, 0.29) is 18.0 Å². The first-order chi connectivity index (χ1) is 16.0. The highest BCUT2D eigenvalue weighted by Crippen LogP contribution is 2.31. The van der Waals surface area contributed by atoms with Gasteiger partial charge in [0.05, 0.1) is 24.9 Å². The monoisotopic (exact) mass is 445 g/mol. The van der Waals surface area contributed by atoms with Crippen LogP contribution in [0.2, 0.25) is 0 Å². The largest absolute Gasteiger partial charge is 0.493 e. The number of amides is 1. The summed E-state index contributed by atoms with van der Waals surface area (Å²) in [5, 5.41) is 8.22. The molecular weight excluding hydrogens is 418 g/mol. The number of ether oxygens (including phenoxy) is 2. The molecule has 4 aromatic rings. The second kappa shape index (κ2) is 9.68. The Morgan fingerprint density at radius 2 is 1.85 bits per heavy atom. The van der Waals surface area contributed by atoms with Crippen molar-refractivity contribution in [3.8, 4) is 11.5 Å². The SMILES string of the molecule is COc1cc(C(C)NC(=O)c2cnc3c(cnn3C(C)C)c2)ccc1OCc1ccncc1. The van der Waals surface area contributed by atoms with Crippen molar-refractivity contribution < 1.29 is 14.3 Å². The Morgan fingerprint density at radius 1 is 1.06 bits per heavy atom. The smallest absolute Gasteiger partial charge is 0.253 e. The van der Waals surface area contributed by atoms with Crippen LogP contribution >= 0.6 is 0 Å². The molecule has 0 spiro atoms. The quantitative estimate of drug-likeness (QED) is 0.430. The number of aromatic nitrogens is 4. The fourth-order valence-electron chi connectivity index (χ4n) is 3.52. The van der Waals surface area contributed by atoms with Crippen molar-refractivity contribution in [3.63, 3.8) is 0 Å². The number of fused-ring (bicyclic) bond motifs is 1. The van der Waals surface area contributed by atoms with Crippen LogP contribution in [0.25, 0.3) is 11.0 Å². The van der Waals surface area contributed by atoms with Crippen LogP contribution in [-0.4, -0.2) is 32.8 Å². The molecule has 0 aliphatic rings. The van der Waals surface area contributed by atoms with E-state index < -0.39 is 0 Å². The number of benzene rings is 1. The average Bonchev–Trinajstić information content (AvgIpc) is 3.27. The fraction of sp³-hybridized carbons (Fsp3) is 0.280. The summed E-state index contributed by atoms with van der Waals surface area (Å²) in [7, 11) is 1.60. The number of hydrogen-bond acceptors (Lipinski definition) is 6. The van der Waals surface area contributed by atoms with E-state index in [1.54, 1.807) is 31.9 Å². The average molecular weight is 446 g/mol. The predicted molar refractivity (Wildman–Crippen MR) is 125 cm³/mol. The lowest BCUT2D eigenvalue weighted by atomic mass is 10.1. The van der Waals surface area contributed by atoms with E-state index in [0.717, 1.165) is 22.2 Å². The maximum Gasteiger partial charge on any atom is 0.253 e. The van der Waals surface area contributed by atoms with E-state index >= 15 is 0 Å². The summed E-state index contributed by atoms with van der Waals surface area (Å²) < 4.78 is 13.3. The van der Waals surface area contributed by atoms with Crippen LogP contribution in [0.3, 0.4) is 0 Å². The van der Waals surface area contributed by atoms with Gasteiger partial charge < -0.3 is 14.8 Å². The van der Waals surface area contributed by atoms with Crippen molar-refractivity contribution in [1.82, 2.24) is 25.1 Å². The number of carbonyl (C=O) groups excluding carboxylic acids is 1. The summed E-state index contributed by atoms with van der Waals surface area (Å²) in [5.41, 5.74) is 3.17. The van der Waals surface area contributed by atoms with Crippen LogP contribution in [0.4, 0.5) is 0 Å².